The Hall–Kier alpha value is -3.15. The van der Waals surface area contributed by atoms with Crippen molar-refractivity contribution in [2.75, 3.05) is 20.8 Å². The number of H-pyrrole nitrogens is 1. The van der Waals surface area contributed by atoms with Gasteiger partial charge in [-0.3, -0.25) is 0 Å². The minimum Gasteiger partial charge on any atom is -0.493 e. The van der Waals surface area contributed by atoms with Crippen LogP contribution in [0.3, 0.4) is 0 Å². The van der Waals surface area contributed by atoms with Crippen LogP contribution in [0.15, 0.2) is 42.5 Å². The van der Waals surface area contributed by atoms with Crippen LogP contribution in [-0.2, 0) is 13.0 Å². The fraction of sp³-hybridized carbons (Fsp3) is 0.375. The van der Waals surface area contributed by atoms with Crippen molar-refractivity contribution in [1.82, 2.24) is 15.2 Å². The zero-order valence-corrected chi connectivity index (χ0v) is 18.0. The van der Waals surface area contributed by atoms with Gasteiger partial charge in [-0.1, -0.05) is 38.1 Å². The molecule has 4 rings (SSSR count). The number of aromatic amines is 1. The van der Waals surface area contributed by atoms with Crippen LogP contribution < -0.4 is 14.8 Å². The molecule has 30 heavy (non-hydrogen) atoms. The van der Waals surface area contributed by atoms with Gasteiger partial charge in [0.2, 0.25) is 0 Å². The van der Waals surface area contributed by atoms with Crippen LogP contribution in [0.1, 0.15) is 36.7 Å². The van der Waals surface area contributed by atoms with E-state index >= 15 is 0 Å². The third-order valence-electron chi connectivity index (χ3n) is 5.88. The standard InChI is InChI=1S/C24H29N3O3/c1-15(2)23(16-9-10-21(29-3)22(13-16)30-4)26-24(28)27-12-11-18-17-7-5-6-8-19(17)25-20(18)14-27/h5-10,13,15,23,25H,11-12,14H2,1-4H3,(H,26,28). The van der Waals surface area contributed by atoms with Crippen LogP contribution in [0.4, 0.5) is 4.79 Å². The van der Waals surface area contributed by atoms with Crippen molar-refractivity contribution in [3.05, 3.63) is 59.3 Å². The number of carbonyl (C=O) groups is 1. The topological polar surface area (TPSA) is 66.6 Å². The third-order valence-corrected chi connectivity index (χ3v) is 5.88. The van der Waals surface area contributed by atoms with Crippen molar-refractivity contribution in [1.29, 1.82) is 0 Å². The second kappa shape index (κ2) is 8.30. The molecule has 3 aromatic rings. The fourth-order valence-electron chi connectivity index (χ4n) is 4.27. The molecule has 6 nitrogen and oxygen atoms in total. The second-order valence-electron chi connectivity index (χ2n) is 8.08. The first-order valence-corrected chi connectivity index (χ1v) is 10.4. The first-order valence-electron chi connectivity index (χ1n) is 10.4. The Balaban J connectivity index is 1.53. The maximum Gasteiger partial charge on any atom is 0.318 e. The van der Waals surface area contributed by atoms with E-state index in [1.807, 2.05) is 29.2 Å². The van der Waals surface area contributed by atoms with Gasteiger partial charge in [0, 0.05) is 23.1 Å². The number of nitrogens with zero attached hydrogens (tertiary/aromatic N) is 1. The van der Waals surface area contributed by atoms with Gasteiger partial charge in [-0.25, -0.2) is 4.79 Å². The summed E-state index contributed by atoms with van der Waals surface area (Å²) in [5, 5.41) is 4.49. The van der Waals surface area contributed by atoms with Crippen LogP contribution in [-0.4, -0.2) is 36.7 Å². The molecule has 1 unspecified atom stereocenters. The Kier molecular flexibility index (Phi) is 5.57. The van der Waals surface area contributed by atoms with Gasteiger partial charge in [-0.05, 0) is 41.7 Å². The lowest BCUT2D eigenvalue weighted by atomic mass is 9.95. The van der Waals surface area contributed by atoms with E-state index < -0.39 is 0 Å². The lowest BCUT2D eigenvalue weighted by Crippen LogP contribution is -2.45. The number of urea groups is 1. The molecular weight excluding hydrogens is 378 g/mol. The molecule has 1 atom stereocenters. The Morgan fingerprint density at radius 3 is 2.60 bits per heavy atom. The normalized spacial score (nSPS) is 14.5. The molecule has 1 aliphatic heterocycles. The minimum absolute atomic E-state index is 0.0483. The van der Waals surface area contributed by atoms with Gasteiger partial charge in [0.25, 0.3) is 0 Å². The van der Waals surface area contributed by atoms with E-state index in [0.717, 1.165) is 23.2 Å². The van der Waals surface area contributed by atoms with Gasteiger partial charge in [-0.2, -0.15) is 0 Å². The van der Waals surface area contributed by atoms with Gasteiger partial charge in [0.15, 0.2) is 11.5 Å². The second-order valence-corrected chi connectivity index (χ2v) is 8.08. The summed E-state index contributed by atoms with van der Waals surface area (Å²) in [5.74, 6) is 1.56. The summed E-state index contributed by atoms with van der Waals surface area (Å²) in [6.07, 6.45) is 0.857. The fourth-order valence-corrected chi connectivity index (χ4v) is 4.27. The van der Waals surface area contributed by atoms with Crippen LogP contribution in [0, 0.1) is 5.92 Å². The van der Waals surface area contributed by atoms with Crippen LogP contribution >= 0.6 is 0 Å². The first kappa shape index (κ1) is 20.1. The van der Waals surface area contributed by atoms with Gasteiger partial charge in [-0.15, -0.1) is 0 Å². The van der Waals surface area contributed by atoms with E-state index in [9.17, 15) is 4.79 Å². The van der Waals surface area contributed by atoms with Crippen LogP contribution in [0.5, 0.6) is 11.5 Å². The molecule has 0 bridgehead atoms. The number of methoxy groups -OCH3 is 2. The number of amides is 2. The number of para-hydroxylation sites is 1. The summed E-state index contributed by atoms with van der Waals surface area (Å²) in [5.41, 5.74) is 4.59. The van der Waals surface area contributed by atoms with Crippen LogP contribution in [0.25, 0.3) is 10.9 Å². The van der Waals surface area contributed by atoms with Crippen molar-refractivity contribution in [3.8, 4) is 11.5 Å². The molecule has 0 spiro atoms. The van der Waals surface area contributed by atoms with E-state index in [2.05, 4.69) is 42.3 Å². The number of nitrogens with one attached hydrogen (secondary N) is 2. The summed E-state index contributed by atoms with van der Waals surface area (Å²) in [7, 11) is 3.24. The number of benzene rings is 2. The number of hydrogen-bond donors (Lipinski definition) is 2. The average Bonchev–Trinajstić information content (AvgIpc) is 3.14. The molecular formula is C24H29N3O3. The Bertz CT molecular complexity index is 1060. The van der Waals surface area contributed by atoms with E-state index in [4.69, 9.17) is 9.47 Å². The number of hydrogen-bond acceptors (Lipinski definition) is 3. The number of ether oxygens (including phenoxy) is 2. The van der Waals surface area contributed by atoms with Gasteiger partial charge >= 0.3 is 6.03 Å². The molecule has 6 heteroatoms. The van der Waals surface area contributed by atoms with Gasteiger partial charge in [0.1, 0.15) is 0 Å². The maximum atomic E-state index is 13.1. The minimum atomic E-state index is -0.124. The van der Waals surface area contributed by atoms with Crippen molar-refractivity contribution in [2.24, 2.45) is 5.92 Å². The Labute approximate surface area is 177 Å². The molecule has 158 valence electrons. The van der Waals surface area contributed by atoms with E-state index in [1.165, 1.54) is 10.9 Å². The van der Waals surface area contributed by atoms with Gasteiger partial charge in [0.05, 0.1) is 26.8 Å². The number of carbonyl (C=O) groups excluding carboxylic acids is 1. The predicted molar refractivity (Wildman–Crippen MR) is 118 cm³/mol. The summed E-state index contributed by atoms with van der Waals surface area (Å²) < 4.78 is 10.8. The average molecular weight is 408 g/mol. The summed E-state index contributed by atoms with van der Waals surface area (Å²) >= 11 is 0. The summed E-state index contributed by atoms with van der Waals surface area (Å²) in [6.45, 7) is 5.51. The molecule has 2 aromatic carbocycles. The highest BCUT2D eigenvalue weighted by Gasteiger charge is 2.27. The zero-order chi connectivity index (χ0) is 21.3. The number of rotatable bonds is 5. The SMILES string of the molecule is COc1ccc(C(NC(=O)N2CCc3c([nH]c4ccccc34)C2)C(C)C)cc1OC. The van der Waals surface area contributed by atoms with Gasteiger partial charge < -0.3 is 24.7 Å². The van der Waals surface area contributed by atoms with Crippen molar-refractivity contribution < 1.29 is 14.3 Å². The van der Waals surface area contributed by atoms with Crippen molar-refractivity contribution in [2.45, 2.75) is 32.9 Å². The lowest BCUT2D eigenvalue weighted by molar-refractivity contribution is 0.184. The maximum absolute atomic E-state index is 13.1. The molecule has 2 N–H and O–H groups in total. The third kappa shape index (κ3) is 3.70. The highest BCUT2D eigenvalue weighted by Crippen LogP contribution is 2.33. The Morgan fingerprint density at radius 2 is 1.87 bits per heavy atom. The molecule has 0 fully saturated rings. The predicted octanol–water partition coefficient (Wildman–Crippen LogP) is 4.65. The molecule has 2 heterocycles. The Morgan fingerprint density at radius 1 is 1.10 bits per heavy atom. The molecule has 0 saturated carbocycles. The number of fused-ring (bicyclic) bond motifs is 3. The van der Waals surface area contributed by atoms with E-state index in [0.29, 0.717) is 24.6 Å². The van der Waals surface area contributed by atoms with E-state index in [1.54, 1.807) is 14.2 Å². The first-order chi connectivity index (χ1) is 14.5. The van der Waals surface area contributed by atoms with Crippen LogP contribution in [0.2, 0.25) is 0 Å². The van der Waals surface area contributed by atoms with Crippen molar-refractivity contribution in [3.63, 3.8) is 0 Å². The largest absolute Gasteiger partial charge is 0.493 e. The quantitative estimate of drug-likeness (QED) is 0.647. The monoisotopic (exact) mass is 407 g/mol. The smallest absolute Gasteiger partial charge is 0.318 e. The van der Waals surface area contributed by atoms with Crippen molar-refractivity contribution >= 4 is 16.9 Å². The van der Waals surface area contributed by atoms with E-state index in [-0.39, 0.29) is 18.0 Å². The summed E-state index contributed by atoms with van der Waals surface area (Å²) in [4.78, 5) is 18.5. The highest BCUT2D eigenvalue weighted by atomic mass is 16.5. The molecule has 1 aromatic heterocycles. The zero-order valence-electron chi connectivity index (χ0n) is 18.0. The summed E-state index contributed by atoms with van der Waals surface area (Å²) in [6, 6.07) is 14.0. The lowest BCUT2D eigenvalue weighted by Gasteiger charge is -2.31. The molecule has 2 amide bonds. The highest BCUT2D eigenvalue weighted by molar-refractivity contribution is 5.85. The molecule has 1 aliphatic rings. The number of aromatic nitrogens is 1. The molecule has 0 saturated heterocycles. The molecule has 0 radical (unpaired) electrons. The molecule has 0 aliphatic carbocycles.